The Balaban J connectivity index is 1.84. The SMILES string of the molecule is COC1CCC2CCC(ON([O-])C(C)C)CC2C1. The minimum Gasteiger partial charge on any atom is -0.762 e. The van der Waals surface area contributed by atoms with Crippen molar-refractivity contribution < 1.29 is 9.57 Å². The highest BCUT2D eigenvalue weighted by molar-refractivity contribution is 4.87. The average molecular weight is 256 g/mol. The van der Waals surface area contributed by atoms with E-state index in [-0.39, 0.29) is 12.1 Å². The van der Waals surface area contributed by atoms with Gasteiger partial charge in [0.1, 0.15) is 0 Å². The van der Waals surface area contributed by atoms with Crippen molar-refractivity contribution in [1.82, 2.24) is 5.23 Å². The van der Waals surface area contributed by atoms with Crippen LogP contribution in [-0.4, -0.2) is 30.6 Å². The van der Waals surface area contributed by atoms with Crippen LogP contribution >= 0.6 is 0 Å². The first-order valence-electron chi connectivity index (χ1n) is 7.26. The molecule has 0 heterocycles. The lowest BCUT2D eigenvalue weighted by Gasteiger charge is -2.44. The zero-order valence-electron chi connectivity index (χ0n) is 11.8. The Bertz CT molecular complexity index is 259. The largest absolute Gasteiger partial charge is 0.762 e. The van der Waals surface area contributed by atoms with Gasteiger partial charge < -0.3 is 14.8 Å². The normalized spacial score (nSPS) is 37.0. The zero-order valence-corrected chi connectivity index (χ0v) is 11.8. The van der Waals surface area contributed by atoms with Gasteiger partial charge in [-0.05, 0) is 64.2 Å². The van der Waals surface area contributed by atoms with E-state index in [0.717, 1.165) is 30.4 Å². The van der Waals surface area contributed by atoms with Gasteiger partial charge in [0, 0.05) is 13.2 Å². The Morgan fingerprint density at radius 3 is 2.22 bits per heavy atom. The van der Waals surface area contributed by atoms with Gasteiger partial charge in [0.15, 0.2) is 0 Å². The van der Waals surface area contributed by atoms with E-state index < -0.39 is 0 Å². The smallest absolute Gasteiger partial charge is 0.0784 e. The third-order valence-electron chi connectivity index (χ3n) is 4.52. The standard InChI is InChI=1S/C14H26NO3/c1-10(2)15(16)18-14-7-5-11-4-6-13(17-3)8-12(11)9-14/h10-14H,4-9H2,1-3H3/q-1. The second-order valence-electron chi connectivity index (χ2n) is 6.11. The number of hydrogen-bond donors (Lipinski definition) is 0. The van der Waals surface area contributed by atoms with E-state index in [1.807, 2.05) is 13.8 Å². The number of rotatable bonds is 4. The maximum absolute atomic E-state index is 11.6. The molecule has 2 fully saturated rings. The molecule has 0 radical (unpaired) electrons. The van der Waals surface area contributed by atoms with Gasteiger partial charge in [0.25, 0.3) is 0 Å². The highest BCUT2D eigenvalue weighted by Gasteiger charge is 2.36. The van der Waals surface area contributed by atoms with Crippen LogP contribution in [-0.2, 0) is 9.57 Å². The van der Waals surface area contributed by atoms with E-state index in [9.17, 15) is 5.21 Å². The molecule has 2 saturated carbocycles. The summed E-state index contributed by atoms with van der Waals surface area (Å²) in [6, 6.07) is -0.0965. The first-order valence-corrected chi connectivity index (χ1v) is 7.26. The molecule has 4 atom stereocenters. The van der Waals surface area contributed by atoms with Crippen LogP contribution in [0.5, 0.6) is 0 Å². The van der Waals surface area contributed by atoms with Crippen molar-refractivity contribution in [2.45, 2.75) is 70.6 Å². The molecule has 106 valence electrons. The van der Waals surface area contributed by atoms with Crippen molar-refractivity contribution in [2.24, 2.45) is 11.8 Å². The van der Waals surface area contributed by atoms with Crippen molar-refractivity contribution in [3.63, 3.8) is 0 Å². The fourth-order valence-electron chi connectivity index (χ4n) is 3.39. The Morgan fingerprint density at radius 2 is 1.61 bits per heavy atom. The molecule has 4 heteroatoms. The molecule has 4 unspecified atom stereocenters. The van der Waals surface area contributed by atoms with E-state index in [2.05, 4.69) is 0 Å². The van der Waals surface area contributed by atoms with Crippen LogP contribution in [0.1, 0.15) is 52.4 Å². The lowest BCUT2D eigenvalue weighted by atomic mass is 9.69. The number of nitrogens with zero attached hydrogens (tertiary/aromatic N) is 1. The third kappa shape index (κ3) is 3.44. The van der Waals surface area contributed by atoms with Crippen LogP contribution in [0.2, 0.25) is 0 Å². The number of ether oxygens (including phenoxy) is 1. The Morgan fingerprint density at radius 1 is 1.00 bits per heavy atom. The summed E-state index contributed by atoms with van der Waals surface area (Å²) in [6.07, 6.45) is 7.41. The van der Waals surface area contributed by atoms with Crippen molar-refractivity contribution >= 4 is 0 Å². The molecule has 2 aliphatic rings. The molecule has 4 nitrogen and oxygen atoms in total. The van der Waals surface area contributed by atoms with Crippen molar-refractivity contribution in [3.8, 4) is 0 Å². The van der Waals surface area contributed by atoms with Crippen LogP contribution in [0, 0.1) is 17.0 Å². The van der Waals surface area contributed by atoms with Gasteiger partial charge in [-0.1, -0.05) is 0 Å². The average Bonchev–Trinajstić information content (AvgIpc) is 2.37. The topological polar surface area (TPSA) is 44.8 Å². The maximum Gasteiger partial charge on any atom is 0.0784 e. The summed E-state index contributed by atoms with van der Waals surface area (Å²) in [6.45, 7) is 3.72. The van der Waals surface area contributed by atoms with Gasteiger partial charge >= 0.3 is 0 Å². The fraction of sp³-hybridized carbons (Fsp3) is 1.00. The minimum absolute atomic E-state index is 0.0965. The van der Waals surface area contributed by atoms with Crippen LogP contribution in [0.15, 0.2) is 0 Å². The van der Waals surface area contributed by atoms with Crippen molar-refractivity contribution in [2.75, 3.05) is 7.11 Å². The molecule has 0 bridgehead atoms. The molecule has 0 aromatic carbocycles. The molecule has 2 aliphatic carbocycles. The van der Waals surface area contributed by atoms with Gasteiger partial charge in [-0.2, -0.15) is 0 Å². The maximum atomic E-state index is 11.6. The molecule has 0 aromatic rings. The molecule has 0 saturated heterocycles. The molecule has 0 N–H and O–H groups in total. The van der Waals surface area contributed by atoms with Gasteiger partial charge in [-0.25, -0.2) is 0 Å². The predicted molar refractivity (Wildman–Crippen MR) is 70.7 cm³/mol. The molecule has 2 rings (SSSR count). The van der Waals surface area contributed by atoms with E-state index in [1.165, 1.54) is 19.3 Å². The lowest BCUT2D eigenvalue weighted by molar-refractivity contribution is -0.200. The summed E-state index contributed by atoms with van der Waals surface area (Å²) >= 11 is 0. The molecule has 0 amide bonds. The molecular formula is C14H26NO3-. The van der Waals surface area contributed by atoms with Crippen LogP contribution in [0.25, 0.3) is 0 Å². The number of hydroxylamine groups is 2. The Labute approximate surface area is 110 Å². The third-order valence-corrected chi connectivity index (χ3v) is 4.52. The quantitative estimate of drug-likeness (QED) is 0.725. The monoisotopic (exact) mass is 256 g/mol. The zero-order chi connectivity index (χ0) is 13.1. The summed E-state index contributed by atoms with van der Waals surface area (Å²) in [7, 11) is 1.81. The summed E-state index contributed by atoms with van der Waals surface area (Å²) < 4.78 is 5.48. The van der Waals surface area contributed by atoms with Crippen LogP contribution in [0.3, 0.4) is 0 Å². The highest BCUT2D eigenvalue weighted by Crippen LogP contribution is 2.42. The summed E-state index contributed by atoms with van der Waals surface area (Å²) in [5.41, 5.74) is 0. The van der Waals surface area contributed by atoms with Gasteiger partial charge in [-0.3, -0.25) is 5.23 Å². The van der Waals surface area contributed by atoms with Crippen LogP contribution < -0.4 is 0 Å². The predicted octanol–water partition coefficient (Wildman–Crippen LogP) is 3.11. The van der Waals surface area contributed by atoms with Crippen molar-refractivity contribution in [3.05, 3.63) is 5.21 Å². The second kappa shape index (κ2) is 6.33. The number of hydrogen-bond acceptors (Lipinski definition) is 4. The van der Waals surface area contributed by atoms with Gasteiger partial charge in [0.2, 0.25) is 0 Å². The summed E-state index contributed by atoms with van der Waals surface area (Å²) in [5, 5.41) is 12.3. The first kappa shape index (κ1) is 14.3. The molecule has 18 heavy (non-hydrogen) atoms. The second-order valence-corrected chi connectivity index (χ2v) is 6.11. The first-order chi connectivity index (χ1) is 8.60. The summed E-state index contributed by atoms with van der Waals surface area (Å²) in [4.78, 5) is 5.51. The molecule has 0 aliphatic heterocycles. The molecule has 0 spiro atoms. The number of fused-ring (bicyclic) bond motifs is 1. The molecular weight excluding hydrogens is 230 g/mol. The minimum atomic E-state index is -0.0965. The van der Waals surface area contributed by atoms with E-state index in [4.69, 9.17) is 9.57 Å². The van der Waals surface area contributed by atoms with E-state index >= 15 is 0 Å². The Kier molecular flexibility index (Phi) is 5.01. The Hall–Kier alpha value is -0.160. The fourth-order valence-corrected chi connectivity index (χ4v) is 3.39. The van der Waals surface area contributed by atoms with Gasteiger partial charge in [-0.15, -0.1) is 0 Å². The highest BCUT2D eigenvalue weighted by atomic mass is 16.9. The van der Waals surface area contributed by atoms with Gasteiger partial charge in [0.05, 0.1) is 12.2 Å². The van der Waals surface area contributed by atoms with Crippen molar-refractivity contribution in [1.29, 1.82) is 0 Å². The van der Waals surface area contributed by atoms with E-state index in [0.29, 0.717) is 12.0 Å². The van der Waals surface area contributed by atoms with E-state index in [1.54, 1.807) is 7.11 Å². The summed E-state index contributed by atoms with van der Waals surface area (Å²) in [5.74, 6) is 1.51. The number of methoxy groups -OCH3 is 1. The van der Waals surface area contributed by atoms with Crippen LogP contribution in [0.4, 0.5) is 0 Å². The lowest BCUT2D eigenvalue weighted by Crippen LogP contribution is -2.39. The molecule has 0 aromatic heterocycles.